The Morgan fingerprint density at radius 2 is 1.74 bits per heavy atom. The minimum atomic E-state index is -0.267. The fraction of sp³-hybridized carbons (Fsp3) is 0.250. The predicted molar refractivity (Wildman–Crippen MR) is 131 cm³/mol. The van der Waals surface area contributed by atoms with Gasteiger partial charge < -0.3 is 14.8 Å². The minimum Gasteiger partial charge on any atom is -0.497 e. The summed E-state index contributed by atoms with van der Waals surface area (Å²) in [4.78, 5) is 34.9. The lowest BCUT2D eigenvalue weighted by atomic mass is 10.2. The van der Waals surface area contributed by atoms with Crippen LogP contribution in [0.1, 0.15) is 35.9 Å². The van der Waals surface area contributed by atoms with Gasteiger partial charge in [0.15, 0.2) is 0 Å². The number of hydrogen-bond donors (Lipinski definition) is 1. The molecule has 0 aliphatic carbocycles. The van der Waals surface area contributed by atoms with Crippen LogP contribution in [0.3, 0.4) is 0 Å². The van der Waals surface area contributed by atoms with Crippen LogP contribution in [-0.2, 0) is 5.75 Å². The summed E-state index contributed by atoms with van der Waals surface area (Å²) in [5.74, 6) is 1.73. The first kappa shape index (κ1) is 23.4. The van der Waals surface area contributed by atoms with Gasteiger partial charge in [0.1, 0.15) is 17.8 Å². The summed E-state index contributed by atoms with van der Waals surface area (Å²) >= 11 is 1.55. The Kier molecular flexibility index (Phi) is 6.87. The molecule has 0 saturated heterocycles. The van der Waals surface area contributed by atoms with Crippen LogP contribution in [0.15, 0.2) is 64.5 Å². The molecule has 0 atom stereocenters. The van der Waals surface area contributed by atoms with Crippen molar-refractivity contribution in [2.24, 2.45) is 0 Å². The maximum atomic E-state index is 12.7. The number of methoxy groups -OCH3 is 2. The maximum Gasteiger partial charge on any atom is 0.274 e. The van der Waals surface area contributed by atoms with Crippen molar-refractivity contribution < 1.29 is 14.3 Å². The molecule has 0 bridgehead atoms. The van der Waals surface area contributed by atoms with Gasteiger partial charge in [-0.3, -0.25) is 14.3 Å². The van der Waals surface area contributed by atoms with Crippen molar-refractivity contribution >= 4 is 29.1 Å². The third-order valence-corrected chi connectivity index (χ3v) is 6.14. The molecule has 0 aliphatic heterocycles. The number of carbonyl (C=O) groups is 1. The number of aromatic nitrogens is 4. The number of fused-ring (bicyclic) bond motifs is 1. The zero-order valence-corrected chi connectivity index (χ0v) is 20.1. The number of benzene rings is 2. The van der Waals surface area contributed by atoms with E-state index in [4.69, 9.17) is 9.47 Å². The second-order valence-corrected chi connectivity index (χ2v) is 8.83. The van der Waals surface area contributed by atoms with Crippen LogP contribution in [0.5, 0.6) is 11.5 Å². The van der Waals surface area contributed by atoms with Crippen molar-refractivity contribution in [2.75, 3.05) is 19.5 Å². The molecule has 34 heavy (non-hydrogen) atoms. The second kappa shape index (κ2) is 10.0. The second-order valence-electron chi connectivity index (χ2n) is 7.78. The summed E-state index contributed by atoms with van der Waals surface area (Å²) in [5.41, 5.74) is 1.60. The number of nitrogens with zero attached hydrogens (tertiary/aromatic N) is 4. The van der Waals surface area contributed by atoms with E-state index in [2.05, 4.69) is 15.3 Å². The third kappa shape index (κ3) is 5.07. The summed E-state index contributed by atoms with van der Waals surface area (Å²) in [7, 11) is 3.07. The van der Waals surface area contributed by atoms with E-state index in [0.717, 1.165) is 4.90 Å². The molecule has 1 N–H and O–H groups in total. The highest BCUT2D eigenvalue weighted by Crippen LogP contribution is 2.25. The van der Waals surface area contributed by atoms with E-state index in [1.807, 2.05) is 38.1 Å². The van der Waals surface area contributed by atoms with Crippen LogP contribution in [0.25, 0.3) is 5.78 Å². The van der Waals surface area contributed by atoms with Crippen molar-refractivity contribution in [3.05, 3.63) is 76.5 Å². The molecule has 0 unspecified atom stereocenters. The van der Waals surface area contributed by atoms with Crippen molar-refractivity contribution in [2.45, 2.75) is 30.5 Å². The Bertz CT molecular complexity index is 1360. The monoisotopic (exact) mass is 479 g/mol. The fourth-order valence-corrected chi connectivity index (χ4v) is 4.14. The lowest BCUT2D eigenvalue weighted by Gasteiger charge is -2.10. The molecule has 0 spiro atoms. The van der Waals surface area contributed by atoms with Crippen LogP contribution in [0, 0.1) is 0 Å². The Morgan fingerprint density at radius 3 is 2.35 bits per heavy atom. The van der Waals surface area contributed by atoms with Crippen molar-refractivity contribution in [3.8, 4) is 11.5 Å². The average molecular weight is 480 g/mol. The first-order chi connectivity index (χ1) is 16.4. The van der Waals surface area contributed by atoms with Gasteiger partial charge in [0, 0.05) is 40.1 Å². The van der Waals surface area contributed by atoms with Gasteiger partial charge in [-0.15, -0.1) is 11.8 Å². The number of amides is 1. The molecule has 0 saturated carbocycles. The summed E-state index contributed by atoms with van der Waals surface area (Å²) in [6.07, 6.45) is 1.62. The molecule has 0 fully saturated rings. The van der Waals surface area contributed by atoms with Gasteiger partial charge in [-0.05, 0) is 50.2 Å². The maximum absolute atomic E-state index is 12.7. The van der Waals surface area contributed by atoms with E-state index in [1.54, 1.807) is 41.0 Å². The first-order valence-electron chi connectivity index (χ1n) is 10.6. The van der Waals surface area contributed by atoms with Gasteiger partial charge in [0.05, 0.1) is 19.9 Å². The summed E-state index contributed by atoms with van der Waals surface area (Å²) in [5, 5.41) is 2.87. The van der Waals surface area contributed by atoms with Crippen molar-refractivity contribution in [1.82, 2.24) is 19.2 Å². The Labute approximate surface area is 200 Å². The highest BCUT2D eigenvalue weighted by molar-refractivity contribution is 7.98. The predicted octanol–water partition coefficient (Wildman–Crippen LogP) is 4.03. The van der Waals surface area contributed by atoms with Crippen molar-refractivity contribution in [1.29, 1.82) is 0 Å². The molecule has 10 heteroatoms. The lowest BCUT2D eigenvalue weighted by molar-refractivity contribution is 0.102. The quantitative estimate of drug-likeness (QED) is 0.381. The van der Waals surface area contributed by atoms with Crippen LogP contribution < -0.4 is 20.3 Å². The molecule has 0 aliphatic rings. The Morgan fingerprint density at radius 1 is 1.06 bits per heavy atom. The fourth-order valence-electron chi connectivity index (χ4n) is 3.35. The van der Waals surface area contributed by atoms with Crippen LogP contribution >= 0.6 is 11.8 Å². The minimum absolute atomic E-state index is 0.106. The van der Waals surface area contributed by atoms with Crippen LogP contribution in [0.4, 0.5) is 5.69 Å². The smallest absolute Gasteiger partial charge is 0.274 e. The summed E-state index contributed by atoms with van der Waals surface area (Å²) < 4.78 is 13.7. The van der Waals surface area contributed by atoms with Crippen molar-refractivity contribution in [3.63, 3.8) is 0 Å². The molecular weight excluding hydrogens is 454 g/mol. The highest BCUT2D eigenvalue weighted by Gasteiger charge is 2.12. The number of hydrogen-bond acceptors (Lipinski definition) is 7. The number of anilines is 1. The molecule has 4 aromatic rings. The highest BCUT2D eigenvalue weighted by atomic mass is 32.2. The van der Waals surface area contributed by atoms with E-state index in [0.29, 0.717) is 40.0 Å². The van der Waals surface area contributed by atoms with Gasteiger partial charge in [-0.2, -0.15) is 9.50 Å². The summed E-state index contributed by atoms with van der Waals surface area (Å²) in [6, 6.07) is 14.1. The SMILES string of the molecule is COc1cc(OC)cc(C(=O)Nc2ccc(SCc3cc(=O)n4c(ncn4C(C)C)n3)cc2)c1. The van der Waals surface area contributed by atoms with Gasteiger partial charge in [-0.1, -0.05) is 0 Å². The van der Waals surface area contributed by atoms with Gasteiger partial charge >= 0.3 is 0 Å². The standard InChI is InChI=1S/C24H25N5O4S/c1-15(2)28-14-25-24-27-18(11-22(30)29(24)28)13-34-21-7-5-17(6-8-21)26-23(31)16-9-19(32-3)12-20(10-16)33-4/h5-12,14-15H,13H2,1-4H3,(H,26,31). The zero-order chi connectivity index (χ0) is 24.2. The molecular formula is C24H25N5O4S. The number of rotatable bonds is 8. The molecule has 1 amide bonds. The van der Waals surface area contributed by atoms with Crippen LogP contribution in [0.2, 0.25) is 0 Å². The number of thioether (sulfide) groups is 1. The average Bonchev–Trinajstić information content (AvgIpc) is 3.28. The van der Waals surface area contributed by atoms with Gasteiger partial charge in [0.2, 0.25) is 0 Å². The molecule has 4 rings (SSSR count). The number of carbonyl (C=O) groups excluding carboxylic acids is 1. The molecule has 2 heterocycles. The van der Waals surface area contributed by atoms with E-state index in [9.17, 15) is 9.59 Å². The van der Waals surface area contributed by atoms with E-state index in [1.165, 1.54) is 24.8 Å². The first-order valence-corrected chi connectivity index (χ1v) is 11.6. The molecule has 176 valence electrons. The van der Waals surface area contributed by atoms with Gasteiger partial charge in [0.25, 0.3) is 17.2 Å². The third-order valence-electron chi connectivity index (χ3n) is 5.10. The molecule has 9 nitrogen and oxygen atoms in total. The Balaban J connectivity index is 1.42. The molecule has 2 aromatic heterocycles. The Hall–Kier alpha value is -3.79. The molecule has 0 radical (unpaired) electrons. The largest absolute Gasteiger partial charge is 0.497 e. The van der Waals surface area contributed by atoms with Crippen LogP contribution in [-0.4, -0.2) is 39.3 Å². The summed E-state index contributed by atoms with van der Waals surface area (Å²) in [6.45, 7) is 3.97. The topological polar surface area (TPSA) is 99.7 Å². The number of nitrogens with one attached hydrogen (secondary N) is 1. The number of ether oxygens (including phenoxy) is 2. The lowest BCUT2D eigenvalue weighted by Crippen LogP contribution is -2.22. The van der Waals surface area contributed by atoms with E-state index < -0.39 is 0 Å². The zero-order valence-electron chi connectivity index (χ0n) is 19.3. The van der Waals surface area contributed by atoms with E-state index >= 15 is 0 Å². The van der Waals surface area contributed by atoms with Gasteiger partial charge in [-0.25, -0.2) is 4.98 Å². The normalized spacial score (nSPS) is 11.1. The van der Waals surface area contributed by atoms with E-state index in [-0.39, 0.29) is 17.5 Å². The molecule has 2 aromatic carbocycles.